The Bertz CT molecular complexity index is 702. The molecule has 0 aromatic heterocycles. The number of hydrogen-bond donors (Lipinski definition) is 1. The minimum atomic E-state index is 0. The summed E-state index contributed by atoms with van der Waals surface area (Å²) in [5.41, 5.74) is 7.46. The van der Waals surface area contributed by atoms with Crippen LogP contribution in [-0.4, -0.2) is 24.5 Å². The molecule has 0 saturated heterocycles. The molecule has 0 saturated carbocycles. The first kappa shape index (κ1) is 20.1. The Hall–Kier alpha value is -1.22. The highest BCUT2D eigenvalue weighted by Gasteiger charge is 2.32. The van der Waals surface area contributed by atoms with E-state index in [0.717, 1.165) is 6.54 Å². The van der Waals surface area contributed by atoms with Gasteiger partial charge in [0.15, 0.2) is 0 Å². The molecule has 1 unspecified atom stereocenters. The molecule has 4 rings (SSSR count). The lowest BCUT2D eigenvalue weighted by molar-refractivity contribution is 0.185. The highest BCUT2D eigenvalue weighted by Crippen LogP contribution is 2.41. The third kappa shape index (κ3) is 4.31. The summed E-state index contributed by atoms with van der Waals surface area (Å²) < 4.78 is 0. The number of rotatable bonds is 5. The summed E-state index contributed by atoms with van der Waals surface area (Å²) >= 11 is 0. The quantitative estimate of drug-likeness (QED) is 0.720. The van der Waals surface area contributed by atoms with Crippen molar-refractivity contribution in [3.63, 3.8) is 0 Å². The average molecular weight is 379 g/mol. The molecule has 0 amide bonds. The zero-order valence-electron chi connectivity index (χ0n) is 14.8. The molecule has 1 aliphatic heterocycles. The minimum absolute atomic E-state index is 0. The molecule has 1 heterocycles. The van der Waals surface area contributed by atoms with Crippen molar-refractivity contribution in [1.29, 1.82) is 0 Å². The number of hydrogen-bond acceptors (Lipinski definition) is 2. The maximum atomic E-state index is 3.56. The molecular weight excluding hydrogens is 351 g/mol. The largest absolute Gasteiger partial charge is 0.385 e. The van der Waals surface area contributed by atoms with E-state index in [1.807, 2.05) is 0 Å². The van der Waals surface area contributed by atoms with Gasteiger partial charge in [0.25, 0.3) is 0 Å². The van der Waals surface area contributed by atoms with Gasteiger partial charge in [-0.15, -0.1) is 24.8 Å². The zero-order valence-corrected chi connectivity index (χ0v) is 16.5. The Labute approximate surface area is 163 Å². The Morgan fingerprint density at radius 2 is 1.80 bits per heavy atom. The molecule has 0 fully saturated rings. The van der Waals surface area contributed by atoms with E-state index in [9.17, 15) is 0 Å². The number of nitrogens with zero attached hydrogens (tertiary/aromatic N) is 1. The van der Waals surface area contributed by atoms with Gasteiger partial charge in [-0.3, -0.25) is 4.90 Å². The minimum Gasteiger partial charge on any atom is -0.385 e. The molecule has 4 heteroatoms. The molecule has 2 aliphatic rings. The summed E-state index contributed by atoms with van der Waals surface area (Å²) in [5.74, 6) is 0. The number of halogens is 2. The molecule has 2 aromatic carbocycles. The van der Waals surface area contributed by atoms with E-state index in [4.69, 9.17) is 0 Å². The number of nitrogens with one attached hydrogen (secondary N) is 1. The van der Waals surface area contributed by atoms with Crippen molar-refractivity contribution in [2.45, 2.75) is 38.6 Å². The van der Waals surface area contributed by atoms with Crippen molar-refractivity contribution in [2.24, 2.45) is 0 Å². The predicted molar refractivity (Wildman–Crippen MR) is 112 cm³/mol. The van der Waals surface area contributed by atoms with Crippen molar-refractivity contribution in [3.05, 3.63) is 64.7 Å². The van der Waals surface area contributed by atoms with Crippen molar-refractivity contribution >= 4 is 30.5 Å². The van der Waals surface area contributed by atoms with Crippen LogP contribution in [-0.2, 0) is 12.8 Å². The lowest BCUT2D eigenvalue weighted by atomic mass is 9.93. The van der Waals surface area contributed by atoms with Gasteiger partial charge in [-0.05, 0) is 67.0 Å². The number of aryl methyl sites for hydroxylation is 2. The molecule has 25 heavy (non-hydrogen) atoms. The van der Waals surface area contributed by atoms with Crippen LogP contribution in [0.2, 0.25) is 0 Å². The van der Waals surface area contributed by atoms with Crippen LogP contribution in [0.15, 0.2) is 42.5 Å². The van der Waals surface area contributed by atoms with Gasteiger partial charge in [0.05, 0.1) is 0 Å². The van der Waals surface area contributed by atoms with Crippen LogP contribution in [0.3, 0.4) is 0 Å². The van der Waals surface area contributed by atoms with Crippen molar-refractivity contribution in [2.75, 3.05) is 25.0 Å². The molecule has 0 radical (unpaired) electrons. The van der Waals surface area contributed by atoms with Gasteiger partial charge in [-0.25, -0.2) is 0 Å². The Balaban J connectivity index is 0.00000113. The molecular formula is C21H28Cl2N2. The fourth-order valence-electron chi connectivity index (χ4n) is 4.29. The first-order valence-electron chi connectivity index (χ1n) is 8.96. The third-order valence-electron chi connectivity index (χ3n) is 5.39. The Morgan fingerprint density at radius 3 is 2.60 bits per heavy atom. The topological polar surface area (TPSA) is 15.3 Å². The molecule has 1 aliphatic carbocycles. The van der Waals surface area contributed by atoms with Crippen LogP contribution in [0, 0.1) is 6.92 Å². The molecule has 1 N–H and O–H groups in total. The molecule has 2 aromatic rings. The summed E-state index contributed by atoms with van der Waals surface area (Å²) in [5, 5.41) is 3.56. The normalized spacial score (nSPS) is 18.0. The van der Waals surface area contributed by atoms with Crippen LogP contribution in [0.25, 0.3) is 0 Å². The third-order valence-corrected chi connectivity index (χ3v) is 5.39. The van der Waals surface area contributed by atoms with E-state index in [1.54, 1.807) is 16.7 Å². The number of anilines is 1. The molecule has 0 bridgehead atoms. The van der Waals surface area contributed by atoms with E-state index < -0.39 is 0 Å². The Kier molecular flexibility index (Phi) is 7.18. The average Bonchev–Trinajstić information content (AvgIpc) is 3.00. The molecule has 136 valence electrons. The smallest absolute Gasteiger partial charge is 0.0356 e. The standard InChI is InChI=1S/C21H26N2.2ClH/c1-16-5-2-8-19(15-16)22-12-4-13-23-14-11-18-7-3-6-17-9-10-20(23)21(17)18;;/h2-3,5-8,15,20,22H,4,9-14H2,1H3;2*1H. The summed E-state index contributed by atoms with van der Waals surface area (Å²) in [4.78, 5) is 2.72. The van der Waals surface area contributed by atoms with E-state index in [1.165, 1.54) is 50.0 Å². The predicted octanol–water partition coefficient (Wildman–Crippen LogP) is 5.19. The van der Waals surface area contributed by atoms with Gasteiger partial charge in [-0.2, -0.15) is 0 Å². The molecule has 2 nitrogen and oxygen atoms in total. The highest BCUT2D eigenvalue weighted by molar-refractivity contribution is 5.85. The summed E-state index contributed by atoms with van der Waals surface area (Å²) in [6.45, 7) is 5.64. The first-order valence-corrected chi connectivity index (χ1v) is 8.96. The molecule has 1 atom stereocenters. The number of benzene rings is 2. The first-order chi connectivity index (χ1) is 11.3. The van der Waals surface area contributed by atoms with Gasteiger partial charge in [0, 0.05) is 31.4 Å². The Morgan fingerprint density at radius 1 is 1.04 bits per heavy atom. The van der Waals surface area contributed by atoms with Crippen molar-refractivity contribution in [3.8, 4) is 0 Å². The molecule has 0 spiro atoms. The maximum absolute atomic E-state index is 3.56. The van der Waals surface area contributed by atoms with Gasteiger partial charge in [0.1, 0.15) is 0 Å². The van der Waals surface area contributed by atoms with Crippen LogP contribution < -0.4 is 5.32 Å². The van der Waals surface area contributed by atoms with Crippen LogP contribution in [0.4, 0.5) is 5.69 Å². The van der Waals surface area contributed by atoms with Crippen LogP contribution in [0.1, 0.15) is 41.1 Å². The van der Waals surface area contributed by atoms with E-state index in [2.05, 4.69) is 59.6 Å². The maximum Gasteiger partial charge on any atom is 0.0356 e. The SMILES string of the molecule is Cc1cccc(NCCCN2CCc3cccc4c3C2CC4)c1.Cl.Cl. The van der Waals surface area contributed by atoms with Gasteiger partial charge < -0.3 is 5.32 Å². The van der Waals surface area contributed by atoms with Crippen molar-refractivity contribution < 1.29 is 0 Å². The fraction of sp³-hybridized carbons (Fsp3) is 0.429. The van der Waals surface area contributed by atoms with Gasteiger partial charge in [0.2, 0.25) is 0 Å². The second-order valence-electron chi connectivity index (χ2n) is 6.98. The van der Waals surface area contributed by atoms with E-state index in [-0.39, 0.29) is 24.8 Å². The van der Waals surface area contributed by atoms with E-state index in [0.29, 0.717) is 6.04 Å². The van der Waals surface area contributed by atoms with Gasteiger partial charge >= 0.3 is 0 Å². The van der Waals surface area contributed by atoms with Crippen LogP contribution in [0.5, 0.6) is 0 Å². The zero-order chi connectivity index (χ0) is 15.6. The fourth-order valence-corrected chi connectivity index (χ4v) is 4.29. The van der Waals surface area contributed by atoms with Crippen LogP contribution >= 0.6 is 24.8 Å². The summed E-state index contributed by atoms with van der Waals surface area (Å²) in [6.07, 6.45) is 5.02. The van der Waals surface area contributed by atoms with Crippen molar-refractivity contribution in [1.82, 2.24) is 4.90 Å². The lowest BCUT2D eigenvalue weighted by Gasteiger charge is -2.35. The monoisotopic (exact) mass is 378 g/mol. The second-order valence-corrected chi connectivity index (χ2v) is 6.98. The van der Waals surface area contributed by atoms with E-state index >= 15 is 0 Å². The lowest BCUT2D eigenvalue weighted by Crippen LogP contribution is -2.35. The summed E-state index contributed by atoms with van der Waals surface area (Å²) in [6, 6.07) is 16.3. The summed E-state index contributed by atoms with van der Waals surface area (Å²) in [7, 11) is 0. The van der Waals surface area contributed by atoms with Gasteiger partial charge in [-0.1, -0.05) is 30.3 Å². The highest BCUT2D eigenvalue weighted by atomic mass is 35.5. The second kappa shape index (κ2) is 8.93.